The van der Waals surface area contributed by atoms with Crippen molar-refractivity contribution < 1.29 is 9.53 Å². The monoisotopic (exact) mass is 270 g/mol. The Balaban J connectivity index is 2.69. The number of hydrogen-bond acceptors (Lipinski definition) is 5. The van der Waals surface area contributed by atoms with E-state index in [0.29, 0.717) is 24.3 Å². The number of hydrogen-bond donors (Lipinski definition) is 1. The maximum Gasteiger partial charge on any atom is 0.358 e. The second kappa shape index (κ2) is 6.73. The minimum atomic E-state index is -0.337. The van der Waals surface area contributed by atoms with Crippen LogP contribution in [0.15, 0.2) is 0 Å². The number of ether oxygens (including phenoxy) is 1. The number of nitrogens with one attached hydrogen (secondary N) is 1. The van der Waals surface area contributed by atoms with Crippen LogP contribution in [0.5, 0.6) is 0 Å². The Kier molecular flexibility index (Phi) is 5.59. The lowest BCUT2D eigenvalue weighted by atomic mass is 10.1. The van der Waals surface area contributed by atoms with E-state index in [1.807, 2.05) is 6.92 Å². The van der Waals surface area contributed by atoms with Crippen molar-refractivity contribution in [2.45, 2.75) is 47.1 Å². The van der Waals surface area contributed by atoms with Crippen LogP contribution in [0, 0.1) is 12.8 Å². The summed E-state index contributed by atoms with van der Waals surface area (Å²) in [5.74, 6) is 0.300. The highest BCUT2D eigenvalue weighted by molar-refractivity contribution is 7.15. The lowest BCUT2D eigenvalue weighted by Gasteiger charge is -2.14. The third kappa shape index (κ3) is 4.29. The minimum absolute atomic E-state index is 0.337. The Labute approximate surface area is 113 Å². The molecule has 1 heterocycles. The largest absolute Gasteiger partial charge is 0.461 e. The van der Waals surface area contributed by atoms with Crippen molar-refractivity contribution in [2.75, 3.05) is 11.9 Å². The van der Waals surface area contributed by atoms with Gasteiger partial charge in [-0.1, -0.05) is 13.8 Å². The van der Waals surface area contributed by atoms with E-state index in [4.69, 9.17) is 4.74 Å². The van der Waals surface area contributed by atoms with E-state index in [0.717, 1.165) is 16.4 Å². The molecule has 0 aromatic carbocycles. The molecule has 0 aliphatic rings. The van der Waals surface area contributed by atoms with E-state index in [1.165, 1.54) is 11.3 Å². The first-order chi connectivity index (χ1) is 8.43. The third-order valence-electron chi connectivity index (χ3n) is 2.46. The van der Waals surface area contributed by atoms with Gasteiger partial charge in [0.25, 0.3) is 0 Å². The Hall–Kier alpha value is -1.10. The zero-order chi connectivity index (χ0) is 13.7. The Bertz CT molecular complexity index is 402. The van der Waals surface area contributed by atoms with Gasteiger partial charge in [-0.25, -0.2) is 9.78 Å². The molecular weight excluding hydrogens is 248 g/mol. The van der Waals surface area contributed by atoms with Crippen LogP contribution in [0.1, 0.15) is 49.5 Å². The molecule has 102 valence electrons. The van der Waals surface area contributed by atoms with Crippen LogP contribution >= 0.6 is 11.3 Å². The highest BCUT2D eigenvalue weighted by Crippen LogP contribution is 2.24. The van der Waals surface area contributed by atoms with Crippen LogP contribution in [-0.4, -0.2) is 23.6 Å². The topological polar surface area (TPSA) is 51.2 Å². The number of esters is 1. The maximum atomic E-state index is 11.6. The summed E-state index contributed by atoms with van der Waals surface area (Å²) in [5.41, 5.74) is 0.432. The molecule has 0 saturated heterocycles. The molecule has 1 atom stereocenters. The van der Waals surface area contributed by atoms with Gasteiger partial charge in [-0.2, -0.15) is 0 Å². The van der Waals surface area contributed by atoms with Gasteiger partial charge in [0.15, 0.2) is 10.8 Å². The first-order valence-electron chi connectivity index (χ1n) is 6.35. The van der Waals surface area contributed by atoms with Gasteiger partial charge in [-0.15, -0.1) is 11.3 Å². The molecular formula is C13H22N2O2S. The summed E-state index contributed by atoms with van der Waals surface area (Å²) in [6.07, 6.45) is 1.08. The Morgan fingerprint density at radius 1 is 1.44 bits per heavy atom. The first-order valence-corrected chi connectivity index (χ1v) is 7.16. The molecule has 0 fully saturated rings. The number of carbonyl (C=O) groups is 1. The summed E-state index contributed by atoms with van der Waals surface area (Å²) in [5, 5.41) is 4.13. The van der Waals surface area contributed by atoms with E-state index in [1.54, 1.807) is 6.92 Å². The molecule has 0 aliphatic carbocycles. The molecule has 0 saturated carbocycles. The molecule has 5 heteroatoms. The Morgan fingerprint density at radius 2 is 2.11 bits per heavy atom. The van der Waals surface area contributed by atoms with Crippen LogP contribution < -0.4 is 5.32 Å². The molecule has 1 N–H and O–H groups in total. The highest BCUT2D eigenvalue weighted by atomic mass is 32.1. The van der Waals surface area contributed by atoms with Crippen LogP contribution in [-0.2, 0) is 4.74 Å². The standard InChI is InChI=1S/C13H22N2O2S/c1-6-17-12(16)11-10(5)18-13(15-11)14-9(4)7-8(2)3/h8-9H,6-7H2,1-5H3,(H,14,15). The predicted octanol–water partition coefficient (Wildman–Crippen LogP) is 3.47. The lowest BCUT2D eigenvalue weighted by molar-refractivity contribution is 0.0519. The van der Waals surface area contributed by atoms with Gasteiger partial charge in [-0.05, 0) is 33.1 Å². The fraction of sp³-hybridized carbons (Fsp3) is 0.692. The molecule has 1 unspecified atom stereocenters. The van der Waals surface area contributed by atoms with E-state index >= 15 is 0 Å². The smallest absolute Gasteiger partial charge is 0.358 e. The zero-order valence-corrected chi connectivity index (χ0v) is 12.6. The lowest BCUT2D eigenvalue weighted by Crippen LogP contribution is -2.17. The average molecular weight is 270 g/mol. The van der Waals surface area contributed by atoms with Crippen LogP contribution in [0.25, 0.3) is 0 Å². The summed E-state index contributed by atoms with van der Waals surface area (Å²) in [6, 6.07) is 0.352. The second-order valence-corrected chi connectivity index (χ2v) is 6.02. The summed E-state index contributed by atoms with van der Waals surface area (Å²) in [6.45, 7) is 10.6. The van der Waals surface area contributed by atoms with Gasteiger partial charge >= 0.3 is 5.97 Å². The number of thiazole rings is 1. The van der Waals surface area contributed by atoms with Crippen LogP contribution in [0.2, 0.25) is 0 Å². The molecule has 0 radical (unpaired) electrons. The number of nitrogens with zero attached hydrogens (tertiary/aromatic N) is 1. The van der Waals surface area contributed by atoms with Gasteiger partial charge in [0.1, 0.15) is 0 Å². The van der Waals surface area contributed by atoms with Gasteiger partial charge in [0.2, 0.25) is 0 Å². The zero-order valence-electron chi connectivity index (χ0n) is 11.7. The van der Waals surface area contributed by atoms with Crippen molar-refractivity contribution in [3.05, 3.63) is 10.6 Å². The summed E-state index contributed by atoms with van der Waals surface area (Å²) in [4.78, 5) is 16.8. The molecule has 1 rings (SSSR count). The number of aryl methyl sites for hydroxylation is 1. The molecule has 18 heavy (non-hydrogen) atoms. The van der Waals surface area contributed by atoms with Crippen LogP contribution in [0.3, 0.4) is 0 Å². The summed E-state index contributed by atoms with van der Waals surface area (Å²) in [7, 11) is 0. The molecule has 0 aliphatic heterocycles. The normalized spacial score (nSPS) is 12.6. The van der Waals surface area contributed by atoms with Crippen molar-refractivity contribution in [3.63, 3.8) is 0 Å². The van der Waals surface area contributed by atoms with Gasteiger partial charge < -0.3 is 10.1 Å². The van der Waals surface area contributed by atoms with Crippen molar-refractivity contribution in [3.8, 4) is 0 Å². The SMILES string of the molecule is CCOC(=O)c1nc(NC(C)CC(C)C)sc1C. The summed E-state index contributed by atoms with van der Waals surface area (Å²) < 4.78 is 4.97. The number of carbonyl (C=O) groups excluding carboxylic acids is 1. The van der Waals surface area contributed by atoms with Gasteiger partial charge in [0, 0.05) is 10.9 Å². The molecule has 0 bridgehead atoms. The fourth-order valence-electron chi connectivity index (χ4n) is 1.82. The number of anilines is 1. The minimum Gasteiger partial charge on any atom is -0.461 e. The van der Waals surface area contributed by atoms with Gasteiger partial charge in [-0.3, -0.25) is 0 Å². The van der Waals surface area contributed by atoms with Crippen molar-refractivity contribution in [2.24, 2.45) is 5.92 Å². The third-order valence-corrected chi connectivity index (χ3v) is 3.36. The Morgan fingerprint density at radius 3 is 2.67 bits per heavy atom. The van der Waals surface area contributed by atoms with Crippen LogP contribution in [0.4, 0.5) is 5.13 Å². The van der Waals surface area contributed by atoms with E-state index in [-0.39, 0.29) is 5.97 Å². The number of aromatic nitrogens is 1. The fourth-order valence-corrected chi connectivity index (χ4v) is 2.74. The van der Waals surface area contributed by atoms with E-state index in [9.17, 15) is 4.79 Å². The maximum absolute atomic E-state index is 11.6. The molecule has 4 nitrogen and oxygen atoms in total. The average Bonchev–Trinajstić information content (AvgIpc) is 2.58. The first kappa shape index (κ1) is 15.0. The van der Waals surface area contributed by atoms with Gasteiger partial charge in [0.05, 0.1) is 6.61 Å². The number of rotatable bonds is 6. The van der Waals surface area contributed by atoms with Crippen molar-refractivity contribution in [1.82, 2.24) is 4.98 Å². The summed E-state index contributed by atoms with van der Waals surface area (Å²) >= 11 is 1.50. The van der Waals surface area contributed by atoms with E-state index < -0.39 is 0 Å². The second-order valence-electron chi connectivity index (χ2n) is 4.82. The molecule has 1 aromatic heterocycles. The van der Waals surface area contributed by atoms with Crippen molar-refractivity contribution >= 4 is 22.4 Å². The highest BCUT2D eigenvalue weighted by Gasteiger charge is 2.17. The van der Waals surface area contributed by atoms with E-state index in [2.05, 4.69) is 31.1 Å². The molecule has 0 spiro atoms. The molecule has 1 aromatic rings. The predicted molar refractivity (Wildman–Crippen MR) is 75.3 cm³/mol. The quantitative estimate of drug-likeness (QED) is 0.804. The van der Waals surface area contributed by atoms with Crippen molar-refractivity contribution in [1.29, 1.82) is 0 Å². The molecule has 0 amide bonds.